The van der Waals surface area contributed by atoms with Gasteiger partial charge in [-0.05, 0) is 29.5 Å². The molecule has 0 aliphatic heterocycles. The molecular weight excluding hydrogens is 229 g/mol. The van der Waals surface area contributed by atoms with Crippen molar-refractivity contribution in [1.82, 2.24) is 5.16 Å². The summed E-state index contributed by atoms with van der Waals surface area (Å²) < 4.78 is 18.7. The molecule has 0 radical (unpaired) electrons. The Balaban J connectivity index is 2.51. The van der Waals surface area contributed by atoms with Gasteiger partial charge in [-0.3, -0.25) is 0 Å². The lowest BCUT2D eigenvalue weighted by Crippen LogP contribution is -1.92. The van der Waals surface area contributed by atoms with Gasteiger partial charge in [-0.15, -0.1) is 0 Å². The molecule has 0 aliphatic rings. The second-order valence-electron chi connectivity index (χ2n) is 5.16. The second kappa shape index (κ2) is 4.92. The van der Waals surface area contributed by atoms with E-state index in [1.807, 2.05) is 12.1 Å². The first-order valence-corrected chi connectivity index (χ1v) is 6.25. The highest BCUT2D eigenvalue weighted by atomic mass is 19.1. The fourth-order valence-corrected chi connectivity index (χ4v) is 1.93. The van der Waals surface area contributed by atoms with Crippen molar-refractivity contribution in [3.05, 3.63) is 41.3 Å². The summed E-state index contributed by atoms with van der Waals surface area (Å²) in [5.41, 5.74) is 2.76. The van der Waals surface area contributed by atoms with Crippen molar-refractivity contribution in [3.63, 3.8) is 0 Å². The zero-order valence-electron chi connectivity index (χ0n) is 11.2. The van der Waals surface area contributed by atoms with Gasteiger partial charge in [0, 0.05) is 11.6 Å². The Hall–Kier alpha value is -1.64. The molecule has 0 amide bonds. The van der Waals surface area contributed by atoms with E-state index in [-0.39, 0.29) is 5.82 Å². The van der Waals surface area contributed by atoms with Crippen LogP contribution < -0.4 is 0 Å². The van der Waals surface area contributed by atoms with Crippen molar-refractivity contribution >= 4 is 0 Å². The summed E-state index contributed by atoms with van der Waals surface area (Å²) in [4.78, 5) is 0. The van der Waals surface area contributed by atoms with Crippen molar-refractivity contribution in [3.8, 4) is 11.3 Å². The summed E-state index contributed by atoms with van der Waals surface area (Å²) >= 11 is 0. The number of benzene rings is 1. The average molecular weight is 247 g/mol. The second-order valence-corrected chi connectivity index (χ2v) is 5.16. The quantitative estimate of drug-likeness (QED) is 0.783. The summed E-state index contributed by atoms with van der Waals surface area (Å²) in [6, 6.07) is 6.71. The monoisotopic (exact) mass is 247 g/mol. The van der Waals surface area contributed by atoms with Gasteiger partial charge in [-0.25, -0.2) is 4.39 Å². The lowest BCUT2D eigenvalue weighted by Gasteiger charge is -2.10. The van der Waals surface area contributed by atoms with E-state index < -0.39 is 0 Å². The highest BCUT2D eigenvalue weighted by Gasteiger charge is 2.15. The Labute approximate surface area is 107 Å². The average Bonchev–Trinajstić information content (AvgIpc) is 2.77. The minimum atomic E-state index is -0.253. The number of hydrogen-bond donors (Lipinski definition) is 0. The molecule has 2 rings (SSSR count). The Morgan fingerprint density at radius 3 is 2.33 bits per heavy atom. The van der Waals surface area contributed by atoms with E-state index in [9.17, 15) is 4.39 Å². The van der Waals surface area contributed by atoms with Crippen LogP contribution in [0.1, 0.15) is 50.8 Å². The van der Waals surface area contributed by atoms with Gasteiger partial charge in [-0.1, -0.05) is 38.9 Å². The lowest BCUT2D eigenvalue weighted by atomic mass is 9.95. The standard InChI is InChI=1S/C15H18FNO/c1-9(2)12-6-5-11(16)7-13(12)15-8-14(10(3)4)17-18-15/h5-10H,1-4H3. The Morgan fingerprint density at radius 1 is 1.06 bits per heavy atom. The summed E-state index contributed by atoms with van der Waals surface area (Å²) in [5, 5.41) is 4.02. The van der Waals surface area contributed by atoms with Crippen LogP contribution in [-0.4, -0.2) is 5.16 Å². The van der Waals surface area contributed by atoms with Gasteiger partial charge in [0.15, 0.2) is 5.76 Å². The minimum absolute atomic E-state index is 0.253. The number of nitrogens with zero attached hydrogens (tertiary/aromatic N) is 1. The summed E-state index contributed by atoms with van der Waals surface area (Å²) in [6.45, 7) is 8.26. The topological polar surface area (TPSA) is 26.0 Å². The molecule has 0 bridgehead atoms. The summed E-state index contributed by atoms with van der Waals surface area (Å²) in [6.07, 6.45) is 0. The van der Waals surface area contributed by atoms with E-state index in [4.69, 9.17) is 4.52 Å². The maximum atomic E-state index is 13.4. The van der Waals surface area contributed by atoms with E-state index >= 15 is 0 Å². The van der Waals surface area contributed by atoms with Crippen molar-refractivity contribution in [2.24, 2.45) is 0 Å². The maximum Gasteiger partial charge on any atom is 0.167 e. The molecule has 0 saturated carbocycles. The van der Waals surface area contributed by atoms with Crippen LogP contribution in [0.15, 0.2) is 28.8 Å². The van der Waals surface area contributed by atoms with Gasteiger partial charge in [0.25, 0.3) is 0 Å². The van der Waals surface area contributed by atoms with Gasteiger partial charge < -0.3 is 4.52 Å². The van der Waals surface area contributed by atoms with Gasteiger partial charge in [-0.2, -0.15) is 0 Å². The zero-order valence-corrected chi connectivity index (χ0v) is 11.2. The maximum absolute atomic E-state index is 13.4. The highest BCUT2D eigenvalue weighted by molar-refractivity contribution is 5.63. The molecule has 2 nitrogen and oxygen atoms in total. The van der Waals surface area contributed by atoms with Gasteiger partial charge in [0.1, 0.15) is 5.82 Å². The SMILES string of the molecule is CC(C)c1cc(-c2cc(F)ccc2C(C)C)on1. The van der Waals surface area contributed by atoms with Crippen molar-refractivity contribution in [2.45, 2.75) is 39.5 Å². The molecule has 2 aromatic rings. The number of rotatable bonds is 3. The first-order valence-electron chi connectivity index (χ1n) is 6.25. The van der Waals surface area contributed by atoms with Crippen LogP contribution in [0.3, 0.4) is 0 Å². The van der Waals surface area contributed by atoms with Crippen LogP contribution in [0, 0.1) is 5.82 Å². The zero-order chi connectivity index (χ0) is 13.3. The summed E-state index contributed by atoms with van der Waals surface area (Å²) in [7, 11) is 0. The van der Waals surface area contributed by atoms with Crippen LogP contribution in [-0.2, 0) is 0 Å². The fraction of sp³-hybridized carbons (Fsp3) is 0.400. The van der Waals surface area contributed by atoms with E-state index in [2.05, 4.69) is 32.9 Å². The van der Waals surface area contributed by atoms with Crippen LogP contribution in [0.4, 0.5) is 4.39 Å². The molecule has 0 spiro atoms. The predicted octanol–water partition coefficient (Wildman–Crippen LogP) is 4.73. The molecule has 0 aliphatic carbocycles. The van der Waals surface area contributed by atoms with Crippen molar-refractivity contribution < 1.29 is 8.91 Å². The molecule has 0 saturated heterocycles. The third-order valence-electron chi connectivity index (χ3n) is 3.02. The van der Waals surface area contributed by atoms with Gasteiger partial charge in [0.05, 0.1) is 5.69 Å². The Kier molecular flexibility index (Phi) is 3.50. The predicted molar refractivity (Wildman–Crippen MR) is 70.1 cm³/mol. The third kappa shape index (κ3) is 2.45. The largest absolute Gasteiger partial charge is 0.356 e. The van der Waals surface area contributed by atoms with Gasteiger partial charge >= 0.3 is 0 Å². The number of aromatic nitrogens is 1. The molecule has 0 atom stereocenters. The van der Waals surface area contributed by atoms with Crippen molar-refractivity contribution in [1.29, 1.82) is 0 Å². The smallest absolute Gasteiger partial charge is 0.167 e. The Morgan fingerprint density at radius 2 is 1.78 bits per heavy atom. The fourth-order valence-electron chi connectivity index (χ4n) is 1.93. The molecule has 3 heteroatoms. The van der Waals surface area contributed by atoms with E-state index in [1.165, 1.54) is 12.1 Å². The molecule has 0 N–H and O–H groups in total. The van der Waals surface area contributed by atoms with E-state index in [0.29, 0.717) is 17.6 Å². The van der Waals surface area contributed by atoms with Crippen LogP contribution in [0.25, 0.3) is 11.3 Å². The molecule has 18 heavy (non-hydrogen) atoms. The van der Waals surface area contributed by atoms with Crippen LogP contribution in [0.5, 0.6) is 0 Å². The molecular formula is C15H18FNO. The number of hydrogen-bond acceptors (Lipinski definition) is 2. The molecule has 0 fully saturated rings. The summed E-state index contributed by atoms with van der Waals surface area (Å²) in [5.74, 6) is 1.01. The van der Waals surface area contributed by atoms with E-state index in [1.54, 1.807) is 0 Å². The van der Waals surface area contributed by atoms with Crippen LogP contribution >= 0.6 is 0 Å². The Bertz CT molecular complexity index is 543. The normalized spacial score (nSPS) is 11.5. The number of halogens is 1. The minimum Gasteiger partial charge on any atom is -0.356 e. The van der Waals surface area contributed by atoms with Crippen LogP contribution in [0.2, 0.25) is 0 Å². The lowest BCUT2D eigenvalue weighted by molar-refractivity contribution is 0.419. The van der Waals surface area contributed by atoms with E-state index in [0.717, 1.165) is 16.8 Å². The van der Waals surface area contributed by atoms with Gasteiger partial charge in [0.2, 0.25) is 0 Å². The van der Waals surface area contributed by atoms with Crippen molar-refractivity contribution in [2.75, 3.05) is 0 Å². The third-order valence-corrected chi connectivity index (χ3v) is 3.02. The molecule has 0 unspecified atom stereocenters. The molecule has 1 aromatic heterocycles. The first-order chi connectivity index (χ1) is 8.49. The molecule has 96 valence electrons. The molecule has 1 aromatic carbocycles. The molecule has 1 heterocycles. The highest BCUT2D eigenvalue weighted by Crippen LogP contribution is 2.31. The first kappa shape index (κ1) is 12.8.